The molecule has 0 aromatic rings. The Labute approximate surface area is 117 Å². The highest BCUT2D eigenvalue weighted by molar-refractivity contribution is 7.86. The lowest BCUT2D eigenvalue weighted by atomic mass is 10.00. The minimum absolute atomic E-state index is 0.0315. The summed E-state index contributed by atoms with van der Waals surface area (Å²) in [5.74, 6) is 0.460. The van der Waals surface area contributed by atoms with Gasteiger partial charge in [-0.15, -0.1) is 0 Å². The maximum atomic E-state index is 12.8. The molecule has 3 atom stereocenters. The predicted molar refractivity (Wildman–Crippen MR) is 76.9 cm³/mol. The van der Waals surface area contributed by atoms with Crippen LogP contribution in [0.25, 0.3) is 0 Å². The van der Waals surface area contributed by atoms with Gasteiger partial charge in [0.1, 0.15) is 0 Å². The molecule has 0 aromatic heterocycles. The van der Waals surface area contributed by atoms with Crippen molar-refractivity contribution in [2.75, 3.05) is 19.6 Å². The minimum atomic E-state index is -3.33. The van der Waals surface area contributed by atoms with Crippen LogP contribution >= 0.6 is 0 Å². The lowest BCUT2D eigenvalue weighted by molar-refractivity contribution is 0.195. The quantitative estimate of drug-likeness (QED) is 0.848. The Kier molecular flexibility index (Phi) is 4.87. The molecule has 0 bridgehead atoms. The fourth-order valence-corrected chi connectivity index (χ4v) is 5.35. The molecular formula is C13H27N3O2S. The van der Waals surface area contributed by atoms with Crippen molar-refractivity contribution in [1.82, 2.24) is 8.61 Å². The standard InChI is InChI=1S/C13H27N3O2S/c1-11-6-5-8-15(10-11)19(17,18)16-9-4-3-7-13(16)12(2)14/h11-13H,3-10,14H2,1-2H3/t11-,12+,13-/m1/s1. The topological polar surface area (TPSA) is 66.6 Å². The summed E-state index contributed by atoms with van der Waals surface area (Å²) in [6.07, 6.45) is 5.01. The summed E-state index contributed by atoms with van der Waals surface area (Å²) in [5.41, 5.74) is 5.99. The largest absolute Gasteiger partial charge is 0.326 e. The maximum absolute atomic E-state index is 12.8. The molecule has 112 valence electrons. The normalized spacial score (nSPS) is 33.2. The zero-order valence-electron chi connectivity index (χ0n) is 12.1. The molecule has 2 N–H and O–H groups in total. The molecule has 0 saturated carbocycles. The first kappa shape index (κ1) is 15.2. The zero-order valence-corrected chi connectivity index (χ0v) is 12.9. The van der Waals surface area contributed by atoms with Gasteiger partial charge >= 0.3 is 0 Å². The second-order valence-electron chi connectivity index (χ2n) is 6.15. The molecule has 5 nitrogen and oxygen atoms in total. The van der Waals surface area contributed by atoms with E-state index in [4.69, 9.17) is 5.73 Å². The van der Waals surface area contributed by atoms with Crippen LogP contribution in [0.3, 0.4) is 0 Å². The van der Waals surface area contributed by atoms with Crippen LogP contribution in [0.15, 0.2) is 0 Å². The minimum Gasteiger partial charge on any atom is -0.326 e. The third kappa shape index (κ3) is 3.29. The average Bonchev–Trinajstić information content (AvgIpc) is 2.38. The van der Waals surface area contributed by atoms with Crippen LogP contribution in [0.1, 0.15) is 46.0 Å². The molecule has 2 rings (SSSR count). The van der Waals surface area contributed by atoms with Crippen LogP contribution in [0.4, 0.5) is 0 Å². The molecule has 6 heteroatoms. The summed E-state index contributed by atoms with van der Waals surface area (Å²) < 4.78 is 28.9. The summed E-state index contributed by atoms with van der Waals surface area (Å²) in [6.45, 7) is 5.98. The Hall–Kier alpha value is -0.170. The van der Waals surface area contributed by atoms with E-state index >= 15 is 0 Å². The summed E-state index contributed by atoms with van der Waals surface area (Å²) in [5, 5.41) is 0. The summed E-state index contributed by atoms with van der Waals surface area (Å²) in [6, 6.07) is -0.131. The molecule has 2 aliphatic rings. The van der Waals surface area contributed by atoms with E-state index in [9.17, 15) is 8.42 Å². The Morgan fingerprint density at radius 1 is 1.16 bits per heavy atom. The van der Waals surface area contributed by atoms with E-state index in [1.165, 1.54) is 0 Å². The first-order valence-electron chi connectivity index (χ1n) is 7.45. The maximum Gasteiger partial charge on any atom is 0.282 e. The monoisotopic (exact) mass is 289 g/mol. The van der Waals surface area contributed by atoms with Crippen LogP contribution in [0, 0.1) is 5.92 Å². The molecule has 0 aliphatic carbocycles. The number of rotatable bonds is 3. The Balaban J connectivity index is 2.16. The van der Waals surface area contributed by atoms with Crippen molar-refractivity contribution in [3.63, 3.8) is 0 Å². The van der Waals surface area contributed by atoms with Gasteiger partial charge in [0.05, 0.1) is 0 Å². The highest BCUT2D eigenvalue weighted by atomic mass is 32.2. The van der Waals surface area contributed by atoms with E-state index < -0.39 is 10.2 Å². The van der Waals surface area contributed by atoms with Gasteiger partial charge in [-0.3, -0.25) is 0 Å². The molecule has 2 aliphatic heterocycles. The van der Waals surface area contributed by atoms with Crippen molar-refractivity contribution in [1.29, 1.82) is 0 Å². The molecule has 0 radical (unpaired) electrons. The van der Waals surface area contributed by atoms with Gasteiger partial charge in [0.15, 0.2) is 0 Å². The van der Waals surface area contributed by atoms with Gasteiger partial charge in [0.2, 0.25) is 0 Å². The van der Waals surface area contributed by atoms with Crippen LogP contribution in [0.5, 0.6) is 0 Å². The van der Waals surface area contributed by atoms with E-state index in [1.54, 1.807) is 8.61 Å². The lowest BCUT2D eigenvalue weighted by Gasteiger charge is -2.41. The van der Waals surface area contributed by atoms with E-state index in [2.05, 4.69) is 6.92 Å². The lowest BCUT2D eigenvalue weighted by Crippen LogP contribution is -2.57. The van der Waals surface area contributed by atoms with Crippen molar-refractivity contribution >= 4 is 10.2 Å². The van der Waals surface area contributed by atoms with Crippen molar-refractivity contribution in [2.24, 2.45) is 11.7 Å². The third-order valence-electron chi connectivity index (χ3n) is 4.35. The zero-order chi connectivity index (χ0) is 14.0. The average molecular weight is 289 g/mol. The van der Waals surface area contributed by atoms with Gasteiger partial charge < -0.3 is 5.73 Å². The van der Waals surface area contributed by atoms with Gasteiger partial charge in [-0.25, -0.2) is 0 Å². The summed E-state index contributed by atoms with van der Waals surface area (Å²) >= 11 is 0. The van der Waals surface area contributed by atoms with Gasteiger partial charge in [0.25, 0.3) is 10.2 Å². The van der Waals surface area contributed by atoms with Crippen LogP contribution in [-0.4, -0.2) is 48.7 Å². The third-order valence-corrected chi connectivity index (χ3v) is 6.38. The number of hydrogen-bond donors (Lipinski definition) is 1. The predicted octanol–water partition coefficient (Wildman–Crippen LogP) is 1.16. The van der Waals surface area contributed by atoms with E-state index in [1.807, 2.05) is 6.92 Å². The smallest absolute Gasteiger partial charge is 0.282 e. The number of hydrogen-bond acceptors (Lipinski definition) is 3. The molecule has 2 fully saturated rings. The van der Waals surface area contributed by atoms with Crippen LogP contribution in [0.2, 0.25) is 0 Å². The van der Waals surface area contributed by atoms with E-state index in [0.717, 1.165) is 32.1 Å². The SMILES string of the molecule is C[C@@H]1CCCN(S(=O)(=O)N2CCCC[C@@H]2[C@H](C)N)C1. The second kappa shape index (κ2) is 6.08. The van der Waals surface area contributed by atoms with Crippen molar-refractivity contribution in [3.05, 3.63) is 0 Å². The van der Waals surface area contributed by atoms with Crippen molar-refractivity contribution in [2.45, 2.75) is 58.0 Å². The molecule has 2 heterocycles. The van der Waals surface area contributed by atoms with Gasteiger partial charge in [-0.2, -0.15) is 17.0 Å². The highest BCUT2D eigenvalue weighted by Gasteiger charge is 2.39. The molecule has 0 aromatic carbocycles. The molecule has 0 amide bonds. The van der Waals surface area contributed by atoms with Crippen LogP contribution in [-0.2, 0) is 10.2 Å². The highest BCUT2D eigenvalue weighted by Crippen LogP contribution is 2.27. The van der Waals surface area contributed by atoms with Crippen molar-refractivity contribution < 1.29 is 8.42 Å². The fourth-order valence-electron chi connectivity index (χ4n) is 3.25. The Morgan fingerprint density at radius 2 is 1.89 bits per heavy atom. The Morgan fingerprint density at radius 3 is 2.53 bits per heavy atom. The first-order chi connectivity index (χ1) is 8.93. The summed E-state index contributed by atoms with van der Waals surface area (Å²) in [7, 11) is -3.33. The van der Waals surface area contributed by atoms with Gasteiger partial charge in [-0.05, 0) is 38.5 Å². The number of nitrogens with two attached hydrogens (primary N) is 1. The molecular weight excluding hydrogens is 262 g/mol. The molecule has 0 unspecified atom stereocenters. The van der Waals surface area contributed by atoms with Crippen LogP contribution < -0.4 is 5.73 Å². The second-order valence-corrected chi connectivity index (χ2v) is 8.03. The molecule has 2 saturated heterocycles. The number of nitrogens with zero attached hydrogens (tertiary/aromatic N) is 2. The van der Waals surface area contributed by atoms with E-state index in [-0.39, 0.29) is 12.1 Å². The molecule has 0 spiro atoms. The Bertz CT molecular complexity index is 397. The van der Waals surface area contributed by atoms with E-state index in [0.29, 0.717) is 25.6 Å². The summed E-state index contributed by atoms with van der Waals surface area (Å²) in [4.78, 5) is 0. The molecule has 19 heavy (non-hydrogen) atoms. The van der Waals surface area contributed by atoms with Crippen molar-refractivity contribution in [3.8, 4) is 0 Å². The first-order valence-corrected chi connectivity index (χ1v) is 8.85. The fraction of sp³-hybridized carbons (Fsp3) is 1.00. The van der Waals surface area contributed by atoms with Gasteiger partial charge in [-0.1, -0.05) is 13.3 Å². The number of piperidine rings is 2. The van der Waals surface area contributed by atoms with Gasteiger partial charge in [0, 0.05) is 31.7 Å².